The van der Waals surface area contributed by atoms with E-state index in [2.05, 4.69) is 20.6 Å². The lowest BCUT2D eigenvalue weighted by molar-refractivity contribution is -0.113. The fourth-order valence-corrected chi connectivity index (χ4v) is 3.77. The van der Waals surface area contributed by atoms with Crippen molar-refractivity contribution in [3.63, 3.8) is 0 Å². The summed E-state index contributed by atoms with van der Waals surface area (Å²) < 4.78 is 12.9. The molecule has 0 spiro atoms. The van der Waals surface area contributed by atoms with Gasteiger partial charge in [0.15, 0.2) is 6.61 Å². The highest BCUT2D eigenvalue weighted by Crippen LogP contribution is 2.25. The average molecular weight is 470 g/mol. The largest absolute Gasteiger partial charge is 0.482 e. The molecule has 1 N–H and O–H groups in total. The number of thioether (sulfide) groups is 1. The van der Waals surface area contributed by atoms with E-state index >= 15 is 0 Å². The maximum absolute atomic E-state index is 12.5. The molecule has 2 aromatic heterocycles. The highest BCUT2D eigenvalue weighted by Gasteiger charge is 2.16. The summed E-state index contributed by atoms with van der Waals surface area (Å²) in [7, 11) is 0. The Morgan fingerprint density at radius 2 is 1.88 bits per heavy atom. The second-order valence-electron chi connectivity index (χ2n) is 6.81. The summed E-state index contributed by atoms with van der Waals surface area (Å²) in [6, 6.07) is 16.9. The summed E-state index contributed by atoms with van der Waals surface area (Å²) in [6.45, 7) is 3.86. The van der Waals surface area contributed by atoms with Crippen LogP contribution in [0.15, 0.2) is 64.2 Å². The standard InChI is InChI=1S/C22H20ClN5O3S/c1-14-21(15(2)28(27-14)16-8-4-3-5-9-16)24-19(29)13-32-22-26-25-20(31-22)12-30-18-11-7-6-10-17(18)23/h3-11H,12-13H2,1-2H3,(H,24,29). The van der Waals surface area contributed by atoms with Crippen molar-refractivity contribution in [3.05, 3.63) is 76.9 Å². The predicted octanol–water partition coefficient (Wildman–Crippen LogP) is 4.84. The highest BCUT2D eigenvalue weighted by molar-refractivity contribution is 7.99. The van der Waals surface area contributed by atoms with Crippen molar-refractivity contribution >= 4 is 35.0 Å². The topological polar surface area (TPSA) is 95.1 Å². The van der Waals surface area contributed by atoms with Crippen molar-refractivity contribution in [2.24, 2.45) is 0 Å². The Labute approximate surface area is 193 Å². The molecule has 4 aromatic rings. The molecule has 0 saturated carbocycles. The van der Waals surface area contributed by atoms with Crippen molar-refractivity contribution in [2.45, 2.75) is 25.7 Å². The molecule has 0 aliphatic rings. The first kappa shape index (κ1) is 21.9. The lowest BCUT2D eigenvalue weighted by atomic mass is 10.3. The van der Waals surface area contributed by atoms with Gasteiger partial charge in [0, 0.05) is 0 Å². The summed E-state index contributed by atoms with van der Waals surface area (Å²) in [5.41, 5.74) is 3.21. The van der Waals surface area contributed by atoms with Crippen LogP contribution < -0.4 is 10.1 Å². The summed E-state index contributed by atoms with van der Waals surface area (Å²) >= 11 is 7.21. The van der Waals surface area contributed by atoms with Crippen molar-refractivity contribution < 1.29 is 13.9 Å². The number of hydrogen-bond donors (Lipinski definition) is 1. The molecule has 164 valence electrons. The van der Waals surface area contributed by atoms with E-state index in [1.54, 1.807) is 16.8 Å². The molecule has 0 radical (unpaired) electrons. The number of anilines is 1. The molecule has 2 heterocycles. The number of nitrogens with one attached hydrogen (secondary N) is 1. The number of nitrogens with zero attached hydrogens (tertiary/aromatic N) is 4. The van der Waals surface area contributed by atoms with Gasteiger partial charge in [-0.05, 0) is 38.1 Å². The third-order valence-corrected chi connectivity index (χ3v) is 5.65. The zero-order valence-electron chi connectivity index (χ0n) is 17.4. The predicted molar refractivity (Wildman–Crippen MR) is 122 cm³/mol. The molecule has 0 bridgehead atoms. The number of carbonyl (C=O) groups excluding carboxylic acids is 1. The third-order valence-electron chi connectivity index (χ3n) is 4.52. The number of halogens is 1. The molecule has 0 atom stereocenters. The SMILES string of the molecule is Cc1nn(-c2ccccc2)c(C)c1NC(=O)CSc1nnc(COc2ccccc2Cl)o1. The van der Waals surface area contributed by atoms with Crippen LogP contribution in [0.3, 0.4) is 0 Å². The Bertz CT molecular complexity index is 1230. The first-order chi connectivity index (χ1) is 15.5. The average Bonchev–Trinajstić information content (AvgIpc) is 3.37. The summed E-state index contributed by atoms with van der Waals surface area (Å²) in [6.07, 6.45) is 0. The maximum Gasteiger partial charge on any atom is 0.277 e. The lowest BCUT2D eigenvalue weighted by Crippen LogP contribution is -2.15. The van der Waals surface area contributed by atoms with E-state index in [4.69, 9.17) is 20.8 Å². The molecule has 0 unspecified atom stereocenters. The van der Waals surface area contributed by atoms with Crippen LogP contribution in [0, 0.1) is 13.8 Å². The van der Waals surface area contributed by atoms with Gasteiger partial charge in [-0.2, -0.15) is 5.10 Å². The molecule has 10 heteroatoms. The minimum absolute atomic E-state index is 0.0839. The fraction of sp³-hybridized carbons (Fsp3) is 0.182. The Morgan fingerprint density at radius 3 is 2.66 bits per heavy atom. The van der Waals surface area contributed by atoms with Crippen LogP contribution in [-0.2, 0) is 11.4 Å². The van der Waals surface area contributed by atoms with E-state index in [9.17, 15) is 4.79 Å². The quantitative estimate of drug-likeness (QED) is 0.369. The van der Waals surface area contributed by atoms with Gasteiger partial charge in [0.1, 0.15) is 5.75 Å². The Morgan fingerprint density at radius 1 is 1.12 bits per heavy atom. The minimum atomic E-state index is -0.194. The molecular weight excluding hydrogens is 450 g/mol. The van der Waals surface area contributed by atoms with Gasteiger partial charge in [0.05, 0.1) is 33.5 Å². The normalized spacial score (nSPS) is 10.8. The Balaban J connectivity index is 1.32. The number of amides is 1. The van der Waals surface area contributed by atoms with Gasteiger partial charge < -0.3 is 14.5 Å². The van der Waals surface area contributed by atoms with E-state index in [-0.39, 0.29) is 23.5 Å². The van der Waals surface area contributed by atoms with Crippen LogP contribution in [-0.4, -0.2) is 31.6 Å². The smallest absolute Gasteiger partial charge is 0.277 e. The van der Waals surface area contributed by atoms with Crippen LogP contribution in [0.25, 0.3) is 5.69 Å². The molecule has 32 heavy (non-hydrogen) atoms. The van der Waals surface area contributed by atoms with Crippen LogP contribution in [0.5, 0.6) is 5.75 Å². The number of rotatable bonds is 8. The number of aryl methyl sites for hydroxylation is 1. The number of benzene rings is 2. The van der Waals surface area contributed by atoms with Crippen LogP contribution in [0.4, 0.5) is 5.69 Å². The van der Waals surface area contributed by atoms with E-state index in [1.807, 2.05) is 56.3 Å². The van der Waals surface area contributed by atoms with E-state index in [0.717, 1.165) is 28.8 Å². The fourth-order valence-electron chi connectivity index (χ4n) is 3.00. The number of aromatic nitrogens is 4. The van der Waals surface area contributed by atoms with Crippen molar-refractivity contribution in [3.8, 4) is 11.4 Å². The summed E-state index contributed by atoms with van der Waals surface area (Å²) in [4.78, 5) is 12.5. The zero-order chi connectivity index (χ0) is 22.5. The number of para-hydroxylation sites is 2. The van der Waals surface area contributed by atoms with Gasteiger partial charge >= 0.3 is 0 Å². The van der Waals surface area contributed by atoms with Gasteiger partial charge in [-0.3, -0.25) is 4.79 Å². The maximum atomic E-state index is 12.5. The van der Waals surface area contributed by atoms with E-state index < -0.39 is 0 Å². The molecular formula is C22H20ClN5O3S. The minimum Gasteiger partial charge on any atom is -0.482 e. The van der Waals surface area contributed by atoms with E-state index in [0.29, 0.717) is 22.4 Å². The van der Waals surface area contributed by atoms with Crippen LogP contribution >= 0.6 is 23.4 Å². The Hall–Kier alpha value is -3.30. The number of ether oxygens (including phenoxy) is 1. The number of hydrogen-bond acceptors (Lipinski definition) is 7. The van der Waals surface area contributed by atoms with Crippen molar-refractivity contribution in [2.75, 3.05) is 11.1 Å². The second kappa shape index (κ2) is 9.88. The molecule has 0 fully saturated rings. The van der Waals surface area contributed by atoms with Gasteiger partial charge in [-0.1, -0.05) is 53.7 Å². The molecule has 4 rings (SSSR count). The van der Waals surface area contributed by atoms with Gasteiger partial charge in [-0.15, -0.1) is 10.2 Å². The first-order valence-electron chi connectivity index (χ1n) is 9.75. The van der Waals surface area contributed by atoms with Crippen molar-refractivity contribution in [1.82, 2.24) is 20.0 Å². The highest BCUT2D eigenvalue weighted by atomic mass is 35.5. The van der Waals surface area contributed by atoms with Gasteiger partial charge in [0.25, 0.3) is 11.1 Å². The molecule has 0 saturated heterocycles. The summed E-state index contributed by atoms with van der Waals surface area (Å²) in [5, 5.41) is 16.1. The first-order valence-corrected chi connectivity index (χ1v) is 11.1. The van der Waals surface area contributed by atoms with Crippen LogP contribution in [0.2, 0.25) is 5.02 Å². The van der Waals surface area contributed by atoms with Gasteiger partial charge in [-0.25, -0.2) is 4.68 Å². The lowest BCUT2D eigenvalue weighted by Gasteiger charge is -2.06. The number of carbonyl (C=O) groups is 1. The van der Waals surface area contributed by atoms with Gasteiger partial charge in [0.2, 0.25) is 5.91 Å². The molecule has 0 aliphatic carbocycles. The molecule has 1 amide bonds. The third kappa shape index (κ3) is 5.12. The molecule has 0 aliphatic heterocycles. The monoisotopic (exact) mass is 469 g/mol. The second-order valence-corrected chi connectivity index (χ2v) is 8.14. The van der Waals surface area contributed by atoms with Crippen LogP contribution in [0.1, 0.15) is 17.3 Å². The van der Waals surface area contributed by atoms with E-state index in [1.165, 1.54) is 0 Å². The summed E-state index contributed by atoms with van der Waals surface area (Å²) in [5.74, 6) is 0.745. The van der Waals surface area contributed by atoms with Crippen molar-refractivity contribution in [1.29, 1.82) is 0 Å². The molecule has 2 aromatic carbocycles. The Kier molecular flexibility index (Phi) is 6.77. The molecule has 8 nitrogen and oxygen atoms in total. The zero-order valence-corrected chi connectivity index (χ0v) is 19.0.